The number of carbonyl (C=O) groups is 3. The van der Waals surface area contributed by atoms with Crippen LogP contribution in [0.2, 0.25) is 5.02 Å². The molecule has 3 aromatic carbocycles. The van der Waals surface area contributed by atoms with Crippen molar-refractivity contribution in [2.24, 2.45) is 5.92 Å². The van der Waals surface area contributed by atoms with Gasteiger partial charge in [-0.05, 0) is 61.0 Å². The molecule has 1 fully saturated rings. The third-order valence-corrected chi connectivity index (χ3v) is 7.02. The molecule has 1 saturated heterocycles. The highest BCUT2D eigenvalue weighted by atomic mass is 79.9. The van der Waals surface area contributed by atoms with E-state index in [-0.39, 0.29) is 0 Å². The molecule has 4 rings (SSSR count). The Hall–Kier alpha value is -3.16. The molecule has 3 aromatic rings. The Morgan fingerprint density at radius 2 is 1.68 bits per heavy atom. The molecule has 0 aliphatic carbocycles. The first-order valence-corrected chi connectivity index (χ1v) is 11.6. The van der Waals surface area contributed by atoms with Crippen LogP contribution >= 0.6 is 27.5 Å². The number of benzene rings is 3. The first-order valence-electron chi connectivity index (χ1n) is 10.4. The summed E-state index contributed by atoms with van der Waals surface area (Å²) in [7, 11) is 3.01. The normalized spacial score (nSPS) is 17.7. The second kappa shape index (κ2) is 9.60. The highest BCUT2D eigenvalue weighted by Crippen LogP contribution is 2.45. The summed E-state index contributed by atoms with van der Waals surface area (Å²) in [6.45, 7) is 1.92. The van der Waals surface area contributed by atoms with Crippen molar-refractivity contribution in [3.63, 3.8) is 0 Å². The van der Waals surface area contributed by atoms with Crippen molar-refractivity contribution in [1.82, 2.24) is 0 Å². The van der Waals surface area contributed by atoms with Crippen molar-refractivity contribution in [3.05, 3.63) is 86.8 Å². The monoisotopic (exact) mass is 541 g/mol. The van der Waals surface area contributed by atoms with Crippen LogP contribution in [0.15, 0.2) is 65.1 Å². The summed E-state index contributed by atoms with van der Waals surface area (Å²) in [6.07, 6.45) is 0. The van der Waals surface area contributed by atoms with E-state index in [1.807, 2.05) is 13.0 Å². The first kappa shape index (κ1) is 24.0. The fraction of sp³-hybridized carbons (Fsp3) is 0.192. The maximum Gasteiger partial charge on any atom is 0.295 e. The summed E-state index contributed by atoms with van der Waals surface area (Å²) in [4.78, 5) is 41.6. The Kier molecular flexibility index (Phi) is 6.77. The molecule has 0 N–H and O–H groups in total. The lowest BCUT2D eigenvalue weighted by Crippen LogP contribution is -2.31. The van der Waals surface area contributed by atoms with Crippen LogP contribution in [0.4, 0.5) is 5.69 Å². The minimum absolute atomic E-state index is 0.292. The number of aryl methyl sites for hydroxylation is 1. The van der Waals surface area contributed by atoms with Crippen LogP contribution in [0.1, 0.15) is 27.5 Å². The predicted molar refractivity (Wildman–Crippen MR) is 133 cm³/mol. The largest absolute Gasteiger partial charge is 0.497 e. The third-order valence-electron chi connectivity index (χ3n) is 5.91. The summed E-state index contributed by atoms with van der Waals surface area (Å²) in [5, 5.41) is 0.463. The standard InChI is InChI=1S/C26H21BrClNO5/c1-14-4-9-17(12-20(14)27)29-23(19-11-10-18(33-2)13-21(19)34-3)22(25(31)26(29)32)24(30)15-5-7-16(28)8-6-15/h4-13,22-23H,1-3H3. The van der Waals surface area contributed by atoms with Crippen molar-refractivity contribution < 1.29 is 23.9 Å². The van der Waals surface area contributed by atoms with Crippen molar-refractivity contribution in [3.8, 4) is 11.5 Å². The second-order valence-electron chi connectivity index (χ2n) is 7.87. The quantitative estimate of drug-likeness (QED) is 0.231. The molecular formula is C26H21BrClNO5. The molecule has 1 aliphatic heterocycles. The Morgan fingerprint density at radius 1 is 0.971 bits per heavy atom. The van der Waals surface area contributed by atoms with Crippen LogP contribution in [0.25, 0.3) is 0 Å². The number of ketones is 2. The van der Waals surface area contributed by atoms with Crippen molar-refractivity contribution in [1.29, 1.82) is 0 Å². The Balaban J connectivity index is 1.92. The van der Waals surface area contributed by atoms with Crippen molar-refractivity contribution in [2.45, 2.75) is 13.0 Å². The molecule has 1 heterocycles. The number of hydrogen-bond donors (Lipinski definition) is 0. The number of halogens is 2. The minimum atomic E-state index is -1.27. The fourth-order valence-corrected chi connectivity index (χ4v) is 4.61. The van der Waals surface area contributed by atoms with Gasteiger partial charge in [-0.3, -0.25) is 19.3 Å². The number of rotatable bonds is 6. The average Bonchev–Trinajstić information content (AvgIpc) is 3.10. The number of ether oxygens (including phenoxy) is 2. The zero-order valence-corrected chi connectivity index (χ0v) is 21.0. The van der Waals surface area contributed by atoms with Gasteiger partial charge < -0.3 is 9.47 Å². The van der Waals surface area contributed by atoms with Crippen LogP contribution in [-0.4, -0.2) is 31.7 Å². The molecule has 0 spiro atoms. The number of hydrogen-bond acceptors (Lipinski definition) is 5. The lowest BCUT2D eigenvalue weighted by Gasteiger charge is -2.29. The van der Waals surface area contributed by atoms with Gasteiger partial charge >= 0.3 is 0 Å². The number of nitrogens with zero attached hydrogens (tertiary/aromatic N) is 1. The van der Waals surface area contributed by atoms with E-state index in [1.54, 1.807) is 54.6 Å². The van der Waals surface area contributed by atoms with Gasteiger partial charge in [-0.1, -0.05) is 33.6 Å². The molecule has 174 valence electrons. The molecule has 1 aliphatic rings. The summed E-state index contributed by atoms with van der Waals surface area (Å²) in [5.74, 6) is -2.33. The zero-order valence-electron chi connectivity index (χ0n) is 18.7. The van der Waals surface area contributed by atoms with Gasteiger partial charge in [-0.25, -0.2) is 0 Å². The van der Waals surface area contributed by atoms with Gasteiger partial charge in [0.15, 0.2) is 5.78 Å². The van der Waals surface area contributed by atoms with Crippen molar-refractivity contribution in [2.75, 3.05) is 19.1 Å². The molecule has 34 heavy (non-hydrogen) atoms. The van der Waals surface area contributed by atoms with Crippen LogP contribution in [0.5, 0.6) is 11.5 Å². The van der Waals surface area contributed by atoms with Crippen LogP contribution in [-0.2, 0) is 9.59 Å². The smallest absolute Gasteiger partial charge is 0.295 e. The van der Waals surface area contributed by atoms with E-state index in [9.17, 15) is 14.4 Å². The predicted octanol–water partition coefficient (Wildman–Crippen LogP) is 5.58. The molecule has 2 atom stereocenters. The summed E-state index contributed by atoms with van der Waals surface area (Å²) in [5.41, 5.74) is 2.27. The molecule has 0 saturated carbocycles. The van der Waals surface area contributed by atoms with E-state index in [0.29, 0.717) is 33.3 Å². The van der Waals surface area contributed by atoms with Gasteiger partial charge in [0.05, 0.1) is 20.3 Å². The maximum absolute atomic E-state index is 13.6. The van der Waals surface area contributed by atoms with E-state index in [2.05, 4.69) is 15.9 Å². The van der Waals surface area contributed by atoms with Crippen LogP contribution in [0, 0.1) is 12.8 Å². The SMILES string of the molecule is COc1ccc(C2C(C(=O)c3ccc(Cl)cc3)C(=O)C(=O)N2c2ccc(C)c(Br)c2)c(OC)c1. The lowest BCUT2D eigenvalue weighted by atomic mass is 9.85. The van der Waals surface area contributed by atoms with Gasteiger partial charge in [0.25, 0.3) is 5.91 Å². The Morgan fingerprint density at radius 3 is 2.29 bits per heavy atom. The highest BCUT2D eigenvalue weighted by Gasteiger charge is 2.53. The van der Waals surface area contributed by atoms with Crippen molar-refractivity contribution >= 4 is 50.7 Å². The number of methoxy groups -OCH3 is 2. The van der Waals surface area contributed by atoms with E-state index in [4.69, 9.17) is 21.1 Å². The first-order chi connectivity index (χ1) is 16.3. The highest BCUT2D eigenvalue weighted by molar-refractivity contribution is 9.10. The van der Waals surface area contributed by atoms with Crippen LogP contribution in [0.3, 0.4) is 0 Å². The molecule has 2 unspecified atom stereocenters. The van der Waals surface area contributed by atoms with E-state index < -0.39 is 29.4 Å². The zero-order chi connectivity index (χ0) is 24.6. The third kappa shape index (κ3) is 4.21. The van der Waals surface area contributed by atoms with Crippen LogP contribution < -0.4 is 14.4 Å². The molecule has 8 heteroatoms. The van der Waals surface area contributed by atoms with E-state index in [1.165, 1.54) is 19.1 Å². The number of carbonyl (C=O) groups excluding carboxylic acids is 3. The molecule has 6 nitrogen and oxygen atoms in total. The second-order valence-corrected chi connectivity index (χ2v) is 9.17. The van der Waals surface area contributed by atoms with E-state index >= 15 is 0 Å². The van der Waals surface area contributed by atoms with Gasteiger partial charge in [-0.15, -0.1) is 0 Å². The summed E-state index contributed by atoms with van der Waals surface area (Å²) < 4.78 is 11.7. The topological polar surface area (TPSA) is 72.9 Å². The average molecular weight is 543 g/mol. The van der Waals surface area contributed by atoms with Gasteiger partial charge in [0, 0.05) is 32.4 Å². The molecule has 1 amide bonds. The van der Waals surface area contributed by atoms with E-state index in [0.717, 1.165) is 10.0 Å². The van der Waals surface area contributed by atoms with Gasteiger partial charge in [0.2, 0.25) is 5.78 Å². The Bertz CT molecular complexity index is 1290. The van der Waals surface area contributed by atoms with Gasteiger partial charge in [-0.2, -0.15) is 0 Å². The number of anilines is 1. The summed E-state index contributed by atoms with van der Waals surface area (Å²) in [6, 6.07) is 15.8. The Labute approximate surface area is 210 Å². The summed E-state index contributed by atoms with van der Waals surface area (Å²) >= 11 is 9.47. The molecule has 0 aromatic heterocycles. The maximum atomic E-state index is 13.6. The number of amides is 1. The lowest BCUT2D eigenvalue weighted by molar-refractivity contribution is -0.135. The fourth-order valence-electron chi connectivity index (χ4n) is 4.12. The number of Topliss-reactive ketones (excluding diaryl/α,β-unsaturated/α-hetero) is 2. The molecule has 0 bridgehead atoms. The molecule has 0 radical (unpaired) electrons. The minimum Gasteiger partial charge on any atom is -0.497 e. The van der Waals surface area contributed by atoms with Gasteiger partial charge in [0.1, 0.15) is 17.4 Å². The molecular weight excluding hydrogens is 522 g/mol.